The third-order valence-corrected chi connectivity index (χ3v) is 12.9. The molecule has 51 heavy (non-hydrogen) atoms. The van der Waals surface area contributed by atoms with Gasteiger partial charge in [0.2, 0.25) is 17.6 Å². The third kappa shape index (κ3) is 4.67. The number of fused-ring (bicyclic) bond motifs is 4. The summed E-state index contributed by atoms with van der Waals surface area (Å²) in [6.07, 6.45) is 0.858. The number of amides is 4. The molecule has 0 spiro atoms. The van der Waals surface area contributed by atoms with Crippen LogP contribution < -0.4 is 14.5 Å². The maximum absolute atomic E-state index is 15.3. The molecule has 3 fully saturated rings. The van der Waals surface area contributed by atoms with Gasteiger partial charge in [0.25, 0.3) is 11.8 Å². The van der Waals surface area contributed by atoms with Gasteiger partial charge in [-0.15, -0.1) is 23.2 Å². The van der Waals surface area contributed by atoms with Gasteiger partial charge in [0.1, 0.15) is 5.69 Å². The molecular formula is C34H21Cl3F5IN2O6. The van der Waals surface area contributed by atoms with E-state index in [-0.39, 0.29) is 48.2 Å². The van der Waals surface area contributed by atoms with Crippen molar-refractivity contribution in [3.63, 3.8) is 0 Å². The highest BCUT2D eigenvalue weighted by Crippen LogP contribution is 2.66. The Kier molecular flexibility index (Phi) is 8.47. The average molecular weight is 882 g/mol. The monoisotopic (exact) mass is 880 g/mol. The van der Waals surface area contributed by atoms with E-state index in [1.807, 2.05) is 0 Å². The number of methoxy groups -OCH3 is 1. The molecule has 17 heteroatoms. The first-order chi connectivity index (χ1) is 23.9. The van der Waals surface area contributed by atoms with E-state index >= 15 is 8.78 Å². The number of carbonyl (C=O) groups is 4. The largest absolute Gasteiger partial charge is 0.504 e. The van der Waals surface area contributed by atoms with Crippen molar-refractivity contribution < 1.29 is 51.0 Å². The van der Waals surface area contributed by atoms with Crippen molar-refractivity contribution in [3.05, 3.63) is 90.8 Å². The number of hydrogen-bond donors (Lipinski definition) is 1. The minimum absolute atomic E-state index is 0.0499. The molecule has 266 valence electrons. The number of aromatic hydroxyl groups is 1. The number of halogens is 9. The summed E-state index contributed by atoms with van der Waals surface area (Å²) in [7, 11) is 1.23. The zero-order valence-corrected chi connectivity index (χ0v) is 30.4. The molecular weight excluding hydrogens is 861 g/mol. The molecule has 2 heterocycles. The number of ether oxygens (including phenoxy) is 1. The minimum atomic E-state index is -2.72. The normalized spacial score (nSPS) is 28.6. The lowest BCUT2D eigenvalue weighted by Crippen LogP contribution is -2.60. The number of hydrogen-bond acceptors (Lipinski definition) is 6. The molecule has 2 saturated heterocycles. The van der Waals surface area contributed by atoms with Crippen LogP contribution in [0.4, 0.5) is 33.3 Å². The predicted molar refractivity (Wildman–Crippen MR) is 182 cm³/mol. The van der Waals surface area contributed by atoms with Crippen LogP contribution >= 0.6 is 57.4 Å². The fourth-order valence-corrected chi connectivity index (χ4v) is 9.57. The first kappa shape index (κ1) is 35.9. The van der Waals surface area contributed by atoms with E-state index in [2.05, 4.69) is 0 Å². The van der Waals surface area contributed by atoms with Gasteiger partial charge in [0.15, 0.2) is 44.5 Å². The molecule has 6 atom stereocenters. The Bertz CT molecular complexity index is 2160. The zero-order chi connectivity index (χ0) is 37.2. The summed E-state index contributed by atoms with van der Waals surface area (Å²) in [4.78, 5) is 52.2. The van der Waals surface area contributed by atoms with Gasteiger partial charge in [-0.25, -0.2) is 31.8 Å². The number of nitrogens with zero attached hydrogens (tertiary/aromatic N) is 2. The van der Waals surface area contributed by atoms with Crippen molar-refractivity contribution in [3.8, 4) is 11.5 Å². The molecule has 0 aromatic heterocycles. The first-order valence-electron chi connectivity index (χ1n) is 15.1. The van der Waals surface area contributed by atoms with E-state index in [9.17, 15) is 37.5 Å². The SMILES string of the molecule is COc1cc(C2C3=CCC4C(=O)N(c5ccc(C)c(Cl)c5)C(=O)C4C3CC3(Cl)C(=O)N(c4c(F)c(F)c(F)c(F)c4F)C(=O)C23Cl)cc(I)c1O. The van der Waals surface area contributed by atoms with Gasteiger partial charge in [-0.05, 0) is 83.7 Å². The second-order valence-corrected chi connectivity index (χ2v) is 15.5. The van der Waals surface area contributed by atoms with Gasteiger partial charge in [-0.3, -0.25) is 19.2 Å². The molecule has 4 amide bonds. The molecule has 1 saturated carbocycles. The Morgan fingerprint density at radius 1 is 0.882 bits per heavy atom. The van der Waals surface area contributed by atoms with Crippen molar-refractivity contribution in [2.24, 2.45) is 17.8 Å². The summed E-state index contributed by atoms with van der Waals surface area (Å²) < 4.78 is 79.0. The maximum atomic E-state index is 15.3. The Hall–Kier alpha value is -3.47. The van der Waals surface area contributed by atoms with E-state index in [1.165, 1.54) is 31.4 Å². The third-order valence-electron chi connectivity index (χ3n) is 10.2. The lowest BCUT2D eigenvalue weighted by Gasteiger charge is -2.50. The summed E-state index contributed by atoms with van der Waals surface area (Å²) in [5.41, 5.74) is -0.685. The Morgan fingerprint density at radius 3 is 2.12 bits per heavy atom. The topological polar surface area (TPSA) is 104 Å². The maximum Gasteiger partial charge on any atom is 0.258 e. The fourth-order valence-electron chi connectivity index (χ4n) is 7.83. The molecule has 1 N–H and O–H groups in total. The Balaban J connectivity index is 1.45. The van der Waals surface area contributed by atoms with E-state index in [1.54, 1.807) is 41.7 Å². The van der Waals surface area contributed by atoms with Crippen LogP contribution in [0.3, 0.4) is 0 Å². The Morgan fingerprint density at radius 2 is 1.51 bits per heavy atom. The van der Waals surface area contributed by atoms with Crippen molar-refractivity contribution in [2.75, 3.05) is 16.9 Å². The number of carbonyl (C=O) groups excluding carboxylic acids is 4. The summed E-state index contributed by atoms with van der Waals surface area (Å²) in [5.74, 6) is -22.1. The Labute approximate surface area is 314 Å². The molecule has 2 aliphatic carbocycles. The smallest absolute Gasteiger partial charge is 0.258 e. The van der Waals surface area contributed by atoms with Gasteiger partial charge in [0.05, 0.1) is 28.2 Å². The van der Waals surface area contributed by atoms with E-state index < -0.39 is 98.2 Å². The number of anilines is 2. The predicted octanol–water partition coefficient (Wildman–Crippen LogP) is 7.43. The molecule has 0 bridgehead atoms. The molecule has 4 aliphatic rings. The molecule has 3 aromatic carbocycles. The number of phenols is 1. The zero-order valence-electron chi connectivity index (χ0n) is 26.0. The first-order valence-corrected chi connectivity index (χ1v) is 17.3. The number of alkyl halides is 2. The molecule has 8 nitrogen and oxygen atoms in total. The highest BCUT2D eigenvalue weighted by Gasteiger charge is 2.77. The van der Waals surface area contributed by atoms with Gasteiger partial charge < -0.3 is 9.84 Å². The average Bonchev–Trinajstić information content (AvgIpc) is 3.43. The highest BCUT2D eigenvalue weighted by molar-refractivity contribution is 14.1. The van der Waals surface area contributed by atoms with Gasteiger partial charge >= 0.3 is 0 Å². The van der Waals surface area contributed by atoms with Crippen LogP contribution in [-0.2, 0) is 19.2 Å². The molecule has 0 radical (unpaired) electrons. The van der Waals surface area contributed by atoms with E-state index in [0.717, 1.165) is 4.90 Å². The molecule has 6 unspecified atom stereocenters. The second-order valence-electron chi connectivity index (χ2n) is 12.7. The number of benzene rings is 3. The lowest BCUT2D eigenvalue weighted by atomic mass is 9.56. The quantitative estimate of drug-likeness (QED) is 0.0557. The number of imide groups is 2. The van der Waals surface area contributed by atoms with Crippen LogP contribution in [0.1, 0.15) is 29.9 Å². The number of rotatable bonds is 4. The van der Waals surface area contributed by atoms with Crippen LogP contribution in [0.5, 0.6) is 11.5 Å². The van der Waals surface area contributed by atoms with Gasteiger partial charge in [-0.1, -0.05) is 29.3 Å². The molecule has 7 rings (SSSR count). The van der Waals surface area contributed by atoms with E-state index in [4.69, 9.17) is 39.5 Å². The number of phenolic OH excluding ortho intramolecular Hbond substituents is 1. The standard InChI is InChI=1S/C34H21Cl3F5IN2O6/c1-11-3-4-13(9-17(11)35)44-29(47)15-6-5-14-16(20(15)30(44)48)10-33(36)31(49)45(27-25(41)23(39)22(38)24(40)26(27)42)32(50)34(33,37)21(14)12-7-18(43)28(46)19(8-12)51-2/h3-5,7-9,15-16,20-21,46H,6,10H2,1-2H3. The summed E-state index contributed by atoms with van der Waals surface area (Å²) >= 11 is 22.4. The van der Waals surface area contributed by atoms with Crippen LogP contribution in [0, 0.1) is 57.3 Å². The van der Waals surface area contributed by atoms with Crippen LogP contribution in [0.2, 0.25) is 5.02 Å². The molecule has 3 aromatic rings. The summed E-state index contributed by atoms with van der Waals surface area (Å²) in [6, 6.07) is 7.25. The van der Waals surface area contributed by atoms with Crippen LogP contribution in [0.15, 0.2) is 42.0 Å². The highest BCUT2D eigenvalue weighted by atomic mass is 127. The van der Waals surface area contributed by atoms with Crippen molar-refractivity contribution in [1.82, 2.24) is 0 Å². The summed E-state index contributed by atoms with van der Waals surface area (Å²) in [5, 5.41) is 10.9. The second kappa shape index (κ2) is 12.0. The lowest BCUT2D eigenvalue weighted by molar-refractivity contribution is -0.125. The van der Waals surface area contributed by atoms with Crippen molar-refractivity contribution in [1.29, 1.82) is 0 Å². The van der Waals surface area contributed by atoms with Crippen molar-refractivity contribution in [2.45, 2.75) is 35.4 Å². The fraction of sp³-hybridized carbons (Fsp3) is 0.294. The van der Waals surface area contributed by atoms with Crippen molar-refractivity contribution >= 4 is 92.4 Å². The summed E-state index contributed by atoms with van der Waals surface area (Å²) in [6.45, 7) is 1.73. The van der Waals surface area contributed by atoms with Crippen LogP contribution in [0.25, 0.3) is 0 Å². The van der Waals surface area contributed by atoms with Gasteiger partial charge in [0, 0.05) is 10.9 Å². The number of allylic oxidation sites excluding steroid dienone is 2. The van der Waals surface area contributed by atoms with Gasteiger partial charge in [-0.2, -0.15) is 0 Å². The van der Waals surface area contributed by atoms with E-state index in [0.29, 0.717) is 5.56 Å². The molecule has 2 aliphatic heterocycles. The number of aryl methyl sites for hydroxylation is 1. The minimum Gasteiger partial charge on any atom is -0.504 e. The van der Waals surface area contributed by atoms with Crippen LogP contribution in [-0.4, -0.2) is 45.6 Å².